The van der Waals surface area contributed by atoms with E-state index < -0.39 is 0 Å². The smallest absolute Gasteiger partial charge is 0.221 e. The molecule has 0 aromatic heterocycles. The molecule has 0 bridgehead atoms. The zero-order valence-electron chi connectivity index (χ0n) is 13.3. The van der Waals surface area contributed by atoms with Crippen molar-refractivity contribution in [1.29, 1.82) is 0 Å². The molecule has 2 aliphatic rings. The number of para-hydroxylation sites is 2. The zero-order valence-corrected chi connectivity index (χ0v) is 13.3. The number of anilines is 3. The molecule has 0 radical (unpaired) electrons. The summed E-state index contributed by atoms with van der Waals surface area (Å²) in [6.45, 7) is 3.59. The molecule has 0 unspecified atom stereocenters. The van der Waals surface area contributed by atoms with Gasteiger partial charge in [-0.3, -0.25) is 4.79 Å². The Balaban J connectivity index is 1.57. The van der Waals surface area contributed by atoms with Crippen LogP contribution in [0.3, 0.4) is 0 Å². The zero-order chi connectivity index (χ0) is 15.8. The summed E-state index contributed by atoms with van der Waals surface area (Å²) in [6, 6.07) is 16.9. The number of carbonyl (C=O) groups excluding carboxylic acids is 1. The van der Waals surface area contributed by atoms with Gasteiger partial charge in [0.15, 0.2) is 0 Å². The molecule has 0 saturated carbocycles. The van der Waals surface area contributed by atoms with Gasteiger partial charge in [-0.25, -0.2) is 0 Å². The number of hydrogen-bond donors (Lipinski definition) is 1. The second-order valence-corrected chi connectivity index (χ2v) is 6.31. The van der Waals surface area contributed by atoms with Crippen LogP contribution in [0, 0.1) is 0 Å². The van der Waals surface area contributed by atoms with Crippen LogP contribution in [0.2, 0.25) is 0 Å². The number of fused-ring (bicyclic) bond motifs is 3. The molecule has 2 aromatic carbocycles. The number of amides is 1. The molecule has 1 saturated heterocycles. The van der Waals surface area contributed by atoms with E-state index in [0.29, 0.717) is 6.17 Å². The summed E-state index contributed by atoms with van der Waals surface area (Å²) in [5.74, 6) is -0.0344. The third-order valence-corrected chi connectivity index (χ3v) is 4.71. The van der Waals surface area contributed by atoms with Gasteiger partial charge in [-0.1, -0.05) is 24.3 Å². The Kier molecular flexibility index (Phi) is 3.45. The SMILES string of the molecule is CC(=O)Nc1ccc(CN2c3ccccc3N3CCC[C@H]32)cc1. The Labute approximate surface area is 136 Å². The molecule has 0 spiro atoms. The van der Waals surface area contributed by atoms with E-state index >= 15 is 0 Å². The predicted molar refractivity (Wildman–Crippen MR) is 93.7 cm³/mol. The standard InChI is InChI=1S/C19H21N3O/c1-14(23)20-16-10-8-15(9-11-16)13-22-18-6-3-2-5-17(18)21-12-4-7-19(21)22/h2-3,5-6,8-11,19H,4,7,12-13H2,1H3,(H,20,23)/t19-/m1/s1. The lowest BCUT2D eigenvalue weighted by atomic mass is 10.1. The van der Waals surface area contributed by atoms with Crippen molar-refractivity contribution in [2.45, 2.75) is 32.5 Å². The monoisotopic (exact) mass is 307 g/mol. The fourth-order valence-electron chi connectivity index (χ4n) is 3.75. The number of benzene rings is 2. The number of carbonyl (C=O) groups is 1. The average Bonchev–Trinajstić information content (AvgIpc) is 3.12. The second-order valence-electron chi connectivity index (χ2n) is 6.31. The van der Waals surface area contributed by atoms with E-state index in [9.17, 15) is 4.79 Å². The van der Waals surface area contributed by atoms with Gasteiger partial charge < -0.3 is 15.1 Å². The predicted octanol–water partition coefficient (Wildman–Crippen LogP) is 3.59. The van der Waals surface area contributed by atoms with Gasteiger partial charge in [0, 0.05) is 25.7 Å². The summed E-state index contributed by atoms with van der Waals surface area (Å²) in [7, 11) is 0. The number of nitrogens with zero attached hydrogens (tertiary/aromatic N) is 2. The van der Waals surface area contributed by atoms with E-state index in [1.165, 1.54) is 36.7 Å². The number of nitrogens with one attached hydrogen (secondary N) is 1. The lowest BCUT2D eigenvalue weighted by Gasteiger charge is -2.27. The Bertz CT molecular complexity index is 726. The fourth-order valence-corrected chi connectivity index (χ4v) is 3.75. The first-order valence-electron chi connectivity index (χ1n) is 8.21. The van der Waals surface area contributed by atoms with Crippen LogP contribution in [-0.2, 0) is 11.3 Å². The van der Waals surface area contributed by atoms with E-state index in [2.05, 4.69) is 51.5 Å². The van der Waals surface area contributed by atoms with Crippen molar-refractivity contribution in [3.05, 3.63) is 54.1 Å². The molecule has 23 heavy (non-hydrogen) atoms. The van der Waals surface area contributed by atoms with E-state index in [1.807, 2.05) is 12.1 Å². The molecule has 4 heteroatoms. The van der Waals surface area contributed by atoms with Gasteiger partial charge in [0.2, 0.25) is 5.91 Å². The molecule has 1 amide bonds. The minimum atomic E-state index is -0.0344. The van der Waals surface area contributed by atoms with Crippen molar-refractivity contribution in [2.75, 3.05) is 21.7 Å². The number of rotatable bonds is 3. The molecule has 0 aliphatic carbocycles. The van der Waals surface area contributed by atoms with Crippen LogP contribution >= 0.6 is 0 Å². The van der Waals surface area contributed by atoms with Crippen LogP contribution in [0.4, 0.5) is 17.1 Å². The normalized spacial score (nSPS) is 18.7. The lowest BCUT2D eigenvalue weighted by Crippen LogP contribution is -2.38. The summed E-state index contributed by atoms with van der Waals surface area (Å²) in [5.41, 5.74) is 4.82. The molecule has 1 fully saturated rings. The van der Waals surface area contributed by atoms with Gasteiger partial charge in [0.1, 0.15) is 6.17 Å². The maximum absolute atomic E-state index is 11.1. The first kappa shape index (κ1) is 14.1. The molecule has 1 atom stereocenters. The minimum Gasteiger partial charge on any atom is -0.349 e. The van der Waals surface area contributed by atoms with Crippen molar-refractivity contribution in [3.8, 4) is 0 Å². The highest BCUT2D eigenvalue weighted by molar-refractivity contribution is 5.88. The molecule has 2 aromatic rings. The molecule has 4 nitrogen and oxygen atoms in total. The molecular weight excluding hydrogens is 286 g/mol. The third kappa shape index (κ3) is 2.54. The molecule has 2 aliphatic heterocycles. The summed E-state index contributed by atoms with van der Waals surface area (Å²) in [4.78, 5) is 16.2. The van der Waals surface area contributed by atoms with E-state index in [1.54, 1.807) is 0 Å². The maximum Gasteiger partial charge on any atom is 0.221 e. The van der Waals surface area contributed by atoms with Gasteiger partial charge in [-0.2, -0.15) is 0 Å². The summed E-state index contributed by atoms with van der Waals surface area (Å²) < 4.78 is 0. The molecule has 1 N–H and O–H groups in total. The highest BCUT2D eigenvalue weighted by atomic mass is 16.1. The summed E-state index contributed by atoms with van der Waals surface area (Å²) >= 11 is 0. The first-order valence-corrected chi connectivity index (χ1v) is 8.21. The largest absolute Gasteiger partial charge is 0.349 e. The Morgan fingerprint density at radius 1 is 1.13 bits per heavy atom. The van der Waals surface area contributed by atoms with E-state index in [4.69, 9.17) is 0 Å². The quantitative estimate of drug-likeness (QED) is 0.941. The van der Waals surface area contributed by atoms with Crippen molar-refractivity contribution in [3.63, 3.8) is 0 Å². The second kappa shape index (κ2) is 5.61. The molecule has 2 heterocycles. The molecule has 4 rings (SSSR count). The third-order valence-electron chi connectivity index (χ3n) is 4.71. The van der Waals surface area contributed by atoms with E-state index in [-0.39, 0.29) is 5.91 Å². The van der Waals surface area contributed by atoms with Crippen LogP contribution in [0.1, 0.15) is 25.3 Å². The van der Waals surface area contributed by atoms with Crippen LogP contribution in [0.25, 0.3) is 0 Å². The Hall–Kier alpha value is -2.49. The molecule has 118 valence electrons. The van der Waals surface area contributed by atoms with Crippen LogP contribution in [-0.4, -0.2) is 18.6 Å². The van der Waals surface area contributed by atoms with Crippen LogP contribution in [0.15, 0.2) is 48.5 Å². The van der Waals surface area contributed by atoms with Gasteiger partial charge in [-0.15, -0.1) is 0 Å². The highest BCUT2D eigenvalue weighted by Crippen LogP contribution is 2.44. The lowest BCUT2D eigenvalue weighted by molar-refractivity contribution is -0.114. The topological polar surface area (TPSA) is 35.6 Å². The van der Waals surface area contributed by atoms with Gasteiger partial charge >= 0.3 is 0 Å². The Morgan fingerprint density at radius 2 is 1.87 bits per heavy atom. The number of hydrogen-bond acceptors (Lipinski definition) is 3. The fraction of sp³-hybridized carbons (Fsp3) is 0.316. The highest BCUT2D eigenvalue weighted by Gasteiger charge is 2.38. The van der Waals surface area contributed by atoms with E-state index in [0.717, 1.165) is 18.8 Å². The minimum absolute atomic E-state index is 0.0344. The first-order chi connectivity index (χ1) is 11.2. The average molecular weight is 307 g/mol. The summed E-state index contributed by atoms with van der Waals surface area (Å²) in [5, 5.41) is 2.82. The van der Waals surface area contributed by atoms with Crippen molar-refractivity contribution >= 4 is 23.0 Å². The molecular formula is C19H21N3O. The Morgan fingerprint density at radius 3 is 2.61 bits per heavy atom. The van der Waals surface area contributed by atoms with Crippen molar-refractivity contribution in [1.82, 2.24) is 0 Å². The van der Waals surface area contributed by atoms with Gasteiger partial charge in [0.25, 0.3) is 0 Å². The van der Waals surface area contributed by atoms with Gasteiger partial charge in [-0.05, 0) is 42.7 Å². The summed E-state index contributed by atoms with van der Waals surface area (Å²) in [6.07, 6.45) is 2.97. The van der Waals surface area contributed by atoms with Crippen molar-refractivity contribution in [2.24, 2.45) is 0 Å². The maximum atomic E-state index is 11.1. The van der Waals surface area contributed by atoms with Crippen LogP contribution in [0.5, 0.6) is 0 Å². The van der Waals surface area contributed by atoms with Crippen molar-refractivity contribution < 1.29 is 4.79 Å². The van der Waals surface area contributed by atoms with Crippen LogP contribution < -0.4 is 15.1 Å². The van der Waals surface area contributed by atoms with Gasteiger partial charge in [0.05, 0.1) is 11.4 Å².